The Kier molecular flexibility index (Phi) is 5.78. The first kappa shape index (κ1) is 16.8. The number of hydrogen-bond acceptors (Lipinski definition) is 3. The number of rotatable bonds is 6. The second-order valence-corrected chi connectivity index (χ2v) is 6.52. The summed E-state index contributed by atoms with van der Waals surface area (Å²) in [5, 5.41) is 0. The Bertz CT molecular complexity index is 497. The summed E-state index contributed by atoms with van der Waals surface area (Å²) < 4.78 is 6.08. The maximum atomic E-state index is 12.6. The van der Waals surface area contributed by atoms with E-state index < -0.39 is 5.60 Å². The fraction of sp³-hybridized carbons (Fsp3) is 0.526. The van der Waals surface area contributed by atoms with Gasteiger partial charge < -0.3 is 9.64 Å². The quantitative estimate of drug-likeness (QED) is 0.589. The van der Waals surface area contributed by atoms with E-state index in [0.717, 1.165) is 32.2 Å². The van der Waals surface area contributed by atoms with Gasteiger partial charge in [0, 0.05) is 18.9 Å². The van der Waals surface area contributed by atoms with Crippen molar-refractivity contribution in [2.75, 3.05) is 20.6 Å². The molecule has 1 aromatic carbocycles. The van der Waals surface area contributed by atoms with Crippen LogP contribution in [0.5, 0.6) is 0 Å². The van der Waals surface area contributed by atoms with Crippen molar-refractivity contribution in [3.05, 3.63) is 48.6 Å². The predicted octanol–water partition coefficient (Wildman–Crippen LogP) is 3.91. The highest BCUT2D eigenvalue weighted by molar-refractivity contribution is 5.89. The van der Waals surface area contributed by atoms with Gasteiger partial charge in [0.1, 0.15) is 5.60 Å². The Morgan fingerprint density at radius 3 is 2.73 bits per heavy atom. The molecule has 2 unspecified atom stereocenters. The summed E-state index contributed by atoms with van der Waals surface area (Å²) in [6.45, 7) is 4.83. The SMILES string of the molecule is C=CCC1(OC(=O)c2ccccc2)CCCCC1CN(C)C. The molecule has 22 heavy (non-hydrogen) atoms. The third-order valence-electron chi connectivity index (χ3n) is 4.53. The average molecular weight is 301 g/mol. The van der Waals surface area contributed by atoms with Crippen LogP contribution in [0.25, 0.3) is 0 Å². The minimum Gasteiger partial charge on any atom is -0.455 e. The number of nitrogens with zero attached hydrogens (tertiary/aromatic N) is 1. The average Bonchev–Trinajstić information content (AvgIpc) is 2.50. The second-order valence-electron chi connectivity index (χ2n) is 6.52. The van der Waals surface area contributed by atoms with Crippen LogP contribution in [0.1, 0.15) is 42.5 Å². The van der Waals surface area contributed by atoms with Crippen LogP contribution in [-0.2, 0) is 4.74 Å². The highest BCUT2D eigenvalue weighted by Gasteiger charge is 2.43. The van der Waals surface area contributed by atoms with E-state index >= 15 is 0 Å². The van der Waals surface area contributed by atoms with E-state index in [1.165, 1.54) is 6.42 Å². The topological polar surface area (TPSA) is 29.5 Å². The molecular weight excluding hydrogens is 274 g/mol. The van der Waals surface area contributed by atoms with Crippen molar-refractivity contribution in [1.82, 2.24) is 4.90 Å². The van der Waals surface area contributed by atoms with Gasteiger partial charge in [-0.3, -0.25) is 0 Å². The highest BCUT2D eigenvalue weighted by atomic mass is 16.6. The van der Waals surface area contributed by atoms with Crippen LogP contribution in [0.15, 0.2) is 43.0 Å². The molecule has 1 fully saturated rings. The van der Waals surface area contributed by atoms with Crippen LogP contribution in [0.4, 0.5) is 0 Å². The largest absolute Gasteiger partial charge is 0.455 e. The monoisotopic (exact) mass is 301 g/mol. The summed E-state index contributed by atoms with van der Waals surface area (Å²) >= 11 is 0. The number of esters is 1. The van der Waals surface area contributed by atoms with E-state index in [1.807, 2.05) is 36.4 Å². The van der Waals surface area contributed by atoms with E-state index in [4.69, 9.17) is 4.74 Å². The number of benzene rings is 1. The van der Waals surface area contributed by atoms with E-state index in [-0.39, 0.29) is 5.97 Å². The molecule has 2 atom stereocenters. The van der Waals surface area contributed by atoms with Crippen molar-refractivity contribution in [2.24, 2.45) is 5.92 Å². The summed E-state index contributed by atoms with van der Waals surface area (Å²) in [7, 11) is 4.15. The van der Waals surface area contributed by atoms with Crippen molar-refractivity contribution in [3.63, 3.8) is 0 Å². The zero-order chi connectivity index (χ0) is 16.0. The molecule has 120 valence electrons. The molecule has 0 saturated heterocycles. The minimum atomic E-state index is -0.406. The third kappa shape index (κ3) is 3.98. The molecule has 0 heterocycles. The summed E-state index contributed by atoms with van der Waals surface area (Å²) in [6, 6.07) is 9.27. The van der Waals surface area contributed by atoms with Crippen LogP contribution in [-0.4, -0.2) is 37.1 Å². The van der Waals surface area contributed by atoms with E-state index in [0.29, 0.717) is 11.5 Å². The molecule has 0 aromatic heterocycles. The number of ether oxygens (including phenoxy) is 1. The first-order valence-electron chi connectivity index (χ1n) is 8.11. The third-order valence-corrected chi connectivity index (χ3v) is 4.53. The molecule has 3 nitrogen and oxygen atoms in total. The molecule has 0 radical (unpaired) electrons. The fourth-order valence-corrected chi connectivity index (χ4v) is 3.49. The van der Waals surface area contributed by atoms with Gasteiger partial charge in [-0.05, 0) is 45.5 Å². The Morgan fingerprint density at radius 2 is 2.09 bits per heavy atom. The van der Waals surface area contributed by atoms with Crippen molar-refractivity contribution in [3.8, 4) is 0 Å². The number of hydrogen-bond donors (Lipinski definition) is 0. The van der Waals surface area contributed by atoms with Crippen LogP contribution >= 0.6 is 0 Å². The second kappa shape index (κ2) is 7.59. The number of carbonyl (C=O) groups is 1. The number of carbonyl (C=O) groups excluding carboxylic acids is 1. The van der Waals surface area contributed by atoms with Crippen molar-refractivity contribution < 1.29 is 9.53 Å². The molecule has 0 aliphatic heterocycles. The summed E-state index contributed by atoms with van der Waals surface area (Å²) in [5.41, 5.74) is 0.220. The highest BCUT2D eigenvalue weighted by Crippen LogP contribution is 2.40. The standard InChI is InChI=1S/C19H27NO2/c1-4-13-19(14-9-8-12-17(19)15-20(2)3)22-18(21)16-10-6-5-7-11-16/h4-7,10-11,17H,1,8-9,12-15H2,2-3H3. The maximum Gasteiger partial charge on any atom is 0.338 e. The Balaban J connectivity index is 2.21. The van der Waals surface area contributed by atoms with Crippen LogP contribution in [0.3, 0.4) is 0 Å². The Morgan fingerprint density at radius 1 is 1.36 bits per heavy atom. The Labute approximate surface area is 134 Å². The van der Waals surface area contributed by atoms with E-state index in [1.54, 1.807) is 0 Å². The normalized spacial score (nSPS) is 25.0. The smallest absolute Gasteiger partial charge is 0.338 e. The molecule has 0 spiro atoms. The van der Waals surface area contributed by atoms with E-state index in [9.17, 15) is 4.79 Å². The van der Waals surface area contributed by atoms with Gasteiger partial charge in [0.15, 0.2) is 0 Å². The van der Waals surface area contributed by atoms with Gasteiger partial charge in [-0.15, -0.1) is 6.58 Å². The minimum absolute atomic E-state index is 0.215. The first-order valence-corrected chi connectivity index (χ1v) is 8.11. The van der Waals surface area contributed by atoms with Gasteiger partial charge in [-0.2, -0.15) is 0 Å². The molecule has 3 heteroatoms. The lowest BCUT2D eigenvalue weighted by Gasteiger charge is -2.44. The van der Waals surface area contributed by atoms with E-state index in [2.05, 4.69) is 25.6 Å². The van der Waals surface area contributed by atoms with Gasteiger partial charge in [0.2, 0.25) is 0 Å². The van der Waals surface area contributed by atoms with Gasteiger partial charge in [-0.25, -0.2) is 4.79 Å². The Hall–Kier alpha value is -1.61. The van der Waals surface area contributed by atoms with Gasteiger partial charge in [-0.1, -0.05) is 30.7 Å². The molecule has 0 N–H and O–H groups in total. The first-order chi connectivity index (χ1) is 10.6. The maximum absolute atomic E-state index is 12.6. The van der Waals surface area contributed by atoms with Crippen molar-refractivity contribution >= 4 is 5.97 Å². The fourth-order valence-electron chi connectivity index (χ4n) is 3.49. The molecule has 1 aliphatic carbocycles. The van der Waals surface area contributed by atoms with Gasteiger partial charge in [0.05, 0.1) is 5.56 Å². The summed E-state index contributed by atoms with van der Waals surface area (Å²) in [6.07, 6.45) is 6.97. The molecule has 0 amide bonds. The molecule has 1 aliphatic rings. The van der Waals surface area contributed by atoms with Crippen LogP contribution in [0.2, 0.25) is 0 Å². The van der Waals surface area contributed by atoms with Crippen LogP contribution in [0, 0.1) is 5.92 Å². The molecule has 0 bridgehead atoms. The summed E-state index contributed by atoms with van der Waals surface area (Å²) in [5.74, 6) is 0.148. The zero-order valence-electron chi connectivity index (χ0n) is 13.8. The molecular formula is C19H27NO2. The lowest BCUT2D eigenvalue weighted by Crippen LogP contribution is -2.48. The van der Waals surface area contributed by atoms with Gasteiger partial charge in [0.25, 0.3) is 0 Å². The van der Waals surface area contributed by atoms with Gasteiger partial charge >= 0.3 is 5.97 Å². The zero-order valence-corrected chi connectivity index (χ0v) is 13.8. The summed E-state index contributed by atoms with van der Waals surface area (Å²) in [4.78, 5) is 14.7. The van der Waals surface area contributed by atoms with Crippen molar-refractivity contribution in [1.29, 1.82) is 0 Å². The lowest BCUT2D eigenvalue weighted by atomic mass is 9.73. The van der Waals surface area contributed by atoms with Crippen molar-refractivity contribution in [2.45, 2.75) is 37.7 Å². The molecule has 1 saturated carbocycles. The molecule has 2 rings (SSSR count). The predicted molar refractivity (Wildman–Crippen MR) is 89.9 cm³/mol. The van der Waals surface area contributed by atoms with Crippen LogP contribution < -0.4 is 0 Å². The lowest BCUT2D eigenvalue weighted by molar-refractivity contribution is -0.0751. The molecule has 1 aromatic rings.